The van der Waals surface area contributed by atoms with Gasteiger partial charge in [-0.1, -0.05) is 36.4 Å². The highest BCUT2D eigenvalue weighted by atomic mass is 16.5. The molecule has 4 heteroatoms. The SMILES string of the molecule is CCn1ncnc1COc1cccc2ccccc12. The van der Waals surface area contributed by atoms with E-state index < -0.39 is 0 Å². The summed E-state index contributed by atoms with van der Waals surface area (Å²) < 4.78 is 7.72. The van der Waals surface area contributed by atoms with Crippen molar-refractivity contribution in [3.05, 3.63) is 54.6 Å². The molecule has 0 fully saturated rings. The van der Waals surface area contributed by atoms with E-state index in [0.717, 1.165) is 23.5 Å². The number of ether oxygens (including phenoxy) is 1. The zero-order valence-corrected chi connectivity index (χ0v) is 10.8. The summed E-state index contributed by atoms with van der Waals surface area (Å²) in [6.07, 6.45) is 1.56. The van der Waals surface area contributed by atoms with Crippen molar-refractivity contribution in [1.82, 2.24) is 14.8 Å². The Kier molecular flexibility index (Phi) is 3.14. The molecule has 0 aliphatic carbocycles. The largest absolute Gasteiger partial charge is 0.485 e. The Hall–Kier alpha value is -2.36. The zero-order valence-electron chi connectivity index (χ0n) is 10.8. The van der Waals surface area contributed by atoms with Crippen LogP contribution in [-0.2, 0) is 13.2 Å². The van der Waals surface area contributed by atoms with E-state index in [1.807, 2.05) is 35.9 Å². The van der Waals surface area contributed by atoms with Crippen molar-refractivity contribution in [2.24, 2.45) is 0 Å². The Labute approximate surface area is 111 Å². The molecule has 1 heterocycles. The van der Waals surface area contributed by atoms with Crippen LogP contribution in [-0.4, -0.2) is 14.8 Å². The van der Waals surface area contributed by atoms with Gasteiger partial charge in [-0.2, -0.15) is 5.10 Å². The van der Waals surface area contributed by atoms with E-state index in [2.05, 4.69) is 28.3 Å². The molecule has 1 aromatic heterocycles. The highest BCUT2D eigenvalue weighted by Gasteiger charge is 2.05. The Balaban J connectivity index is 1.86. The van der Waals surface area contributed by atoms with Crippen LogP contribution in [0.4, 0.5) is 0 Å². The first-order valence-electron chi connectivity index (χ1n) is 6.35. The zero-order chi connectivity index (χ0) is 13.1. The molecule has 0 unspecified atom stereocenters. The van der Waals surface area contributed by atoms with Gasteiger partial charge in [0.15, 0.2) is 5.82 Å². The highest BCUT2D eigenvalue weighted by Crippen LogP contribution is 2.25. The third-order valence-corrected chi connectivity index (χ3v) is 3.10. The van der Waals surface area contributed by atoms with Gasteiger partial charge in [0.1, 0.15) is 18.7 Å². The molecule has 0 aliphatic heterocycles. The first kappa shape index (κ1) is 11.7. The van der Waals surface area contributed by atoms with E-state index in [1.165, 1.54) is 5.39 Å². The lowest BCUT2D eigenvalue weighted by Gasteiger charge is -2.09. The van der Waals surface area contributed by atoms with Crippen LogP contribution in [0.15, 0.2) is 48.8 Å². The topological polar surface area (TPSA) is 39.9 Å². The minimum absolute atomic E-state index is 0.432. The number of aryl methyl sites for hydroxylation is 1. The van der Waals surface area contributed by atoms with Gasteiger partial charge < -0.3 is 4.74 Å². The van der Waals surface area contributed by atoms with Crippen molar-refractivity contribution in [3.63, 3.8) is 0 Å². The third-order valence-electron chi connectivity index (χ3n) is 3.10. The molecule has 3 aromatic rings. The summed E-state index contributed by atoms with van der Waals surface area (Å²) in [6.45, 7) is 3.27. The Morgan fingerprint density at radius 2 is 1.95 bits per heavy atom. The number of benzene rings is 2. The smallest absolute Gasteiger partial charge is 0.164 e. The first-order chi connectivity index (χ1) is 9.38. The van der Waals surface area contributed by atoms with Crippen LogP contribution in [0.3, 0.4) is 0 Å². The van der Waals surface area contributed by atoms with Gasteiger partial charge in [-0.3, -0.25) is 0 Å². The lowest BCUT2D eigenvalue weighted by Crippen LogP contribution is -2.07. The Morgan fingerprint density at radius 3 is 2.84 bits per heavy atom. The average molecular weight is 253 g/mol. The van der Waals surface area contributed by atoms with Crippen molar-refractivity contribution in [2.75, 3.05) is 0 Å². The van der Waals surface area contributed by atoms with Gasteiger partial charge in [-0.05, 0) is 18.4 Å². The van der Waals surface area contributed by atoms with E-state index in [9.17, 15) is 0 Å². The molecule has 0 radical (unpaired) electrons. The van der Waals surface area contributed by atoms with E-state index >= 15 is 0 Å². The van der Waals surface area contributed by atoms with Crippen molar-refractivity contribution in [3.8, 4) is 5.75 Å². The molecule has 0 spiro atoms. The van der Waals surface area contributed by atoms with E-state index in [-0.39, 0.29) is 0 Å². The maximum atomic E-state index is 5.88. The van der Waals surface area contributed by atoms with Crippen molar-refractivity contribution < 1.29 is 4.74 Å². The molecule has 0 atom stereocenters. The first-order valence-corrected chi connectivity index (χ1v) is 6.35. The molecular formula is C15H15N3O. The van der Waals surface area contributed by atoms with Crippen molar-refractivity contribution in [1.29, 1.82) is 0 Å². The summed E-state index contributed by atoms with van der Waals surface area (Å²) in [5.41, 5.74) is 0. The lowest BCUT2D eigenvalue weighted by atomic mass is 10.1. The van der Waals surface area contributed by atoms with E-state index in [1.54, 1.807) is 6.33 Å². The maximum Gasteiger partial charge on any atom is 0.164 e. The maximum absolute atomic E-state index is 5.88. The molecule has 4 nitrogen and oxygen atoms in total. The van der Waals surface area contributed by atoms with Crippen molar-refractivity contribution >= 4 is 10.8 Å². The van der Waals surface area contributed by atoms with Crippen LogP contribution in [0.1, 0.15) is 12.7 Å². The second kappa shape index (κ2) is 5.10. The van der Waals surface area contributed by atoms with Gasteiger partial charge in [0.05, 0.1) is 0 Å². The molecular weight excluding hydrogens is 238 g/mol. The van der Waals surface area contributed by atoms with Gasteiger partial charge in [0, 0.05) is 11.9 Å². The molecule has 0 saturated carbocycles. The monoisotopic (exact) mass is 253 g/mol. The molecule has 0 N–H and O–H groups in total. The quantitative estimate of drug-likeness (QED) is 0.717. The van der Waals surface area contributed by atoms with Gasteiger partial charge in [-0.15, -0.1) is 0 Å². The number of hydrogen-bond donors (Lipinski definition) is 0. The molecule has 0 saturated heterocycles. The number of aromatic nitrogens is 3. The predicted octanol–water partition coefficient (Wildman–Crippen LogP) is 3.03. The molecule has 0 aliphatic rings. The Morgan fingerprint density at radius 1 is 1.11 bits per heavy atom. The van der Waals surface area contributed by atoms with E-state index in [4.69, 9.17) is 4.74 Å². The number of nitrogens with zero attached hydrogens (tertiary/aromatic N) is 3. The summed E-state index contributed by atoms with van der Waals surface area (Å²) in [6, 6.07) is 14.3. The van der Waals surface area contributed by atoms with Gasteiger partial charge >= 0.3 is 0 Å². The molecule has 0 amide bonds. The van der Waals surface area contributed by atoms with Crippen LogP contribution in [0.2, 0.25) is 0 Å². The minimum atomic E-state index is 0.432. The summed E-state index contributed by atoms with van der Waals surface area (Å²) in [4.78, 5) is 4.21. The standard InChI is InChI=1S/C15H15N3O/c1-2-18-15(16-11-17-18)10-19-14-9-5-7-12-6-3-4-8-13(12)14/h3-9,11H,2,10H2,1H3. The lowest BCUT2D eigenvalue weighted by molar-refractivity contribution is 0.290. The molecule has 2 aromatic carbocycles. The van der Waals surface area contributed by atoms with Crippen LogP contribution in [0.25, 0.3) is 10.8 Å². The highest BCUT2D eigenvalue weighted by molar-refractivity contribution is 5.88. The summed E-state index contributed by atoms with van der Waals surface area (Å²) in [7, 11) is 0. The normalized spacial score (nSPS) is 10.8. The second-order valence-electron chi connectivity index (χ2n) is 4.26. The minimum Gasteiger partial charge on any atom is -0.485 e. The number of fused-ring (bicyclic) bond motifs is 1. The summed E-state index contributed by atoms with van der Waals surface area (Å²) in [5.74, 6) is 1.72. The van der Waals surface area contributed by atoms with E-state index in [0.29, 0.717) is 6.61 Å². The fraction of sp³-hybridized carbons (Fsp3) is 0.200. The fourth-order valence-corrected chi connectivity index (χ4v) is 2.13. The Bertz CT molecular complexity index is 685. The fourth-order valence-electron chi connectivity index (χ4n) is 2.13. The molecule has 3 rings (SSSR count). The second-order valence-corrected chi connectivity index (χ2v) is 4.26. The third kappa shape index (κ3) is 2.29. The molecule has 19 heavy (non-hydrogen) atoms. The van der Waals surface area contributed by atoms with Crippen LogP contribution >= 0.6 is 0 Å². The summed E-state index contributed by atoms with van der Waals surface area (Å²) >= 11 is 0. The number of rotatable bonds is 4. The van der Waals surface area contributed by atoms with Gasteiger partial charge in [0.25, 0.3) is 0 Å². The predicted molar refractivity (Wildman–Crippen MR) is 74.0 cm³/mol. The van der Waals surface area contributed by atoms with Gasteiger partial charge in [-0.25, -0.2) is 9.67 Å². The van der Waals surface area contributed by atoms with Crippen LogP contribution < -0.4 is 4.74 Å². The van der Waals surface area contributed by atoms with Crippen molar-refractivity contribution in [2.45, 2.75) is 20.1 Å². The average Bonchev–Trinajstić information content (AvgIpc) is 2.92. The number of hydrogen-bond acceptors (Lipinski definition) is 3. The molecule has 96 valence electrons. The van der Waals surface area contributed by atoms with Crippen LogP contribution in [0.5, 0.6) is 5.75 Å². The van der Waals surface area contributed by atoms with Crippen LogP contribution in [0, 0.1) is 0 Å². The summed E-state index contributed by atoms with van der Waals surface area (Å²) in [5, 5.41) is 6.43. The van der Waals surface area contributed by atoms with Gasteiger partial charge in [0.2, 0.25) is 0 Å². The molecule has 0 bridgehead atoms.